The first-order chi connectivity index (χ1) is 9.81. The molecule has 0 aliphatic heterocycles. The van der Waals surface area contributed by atoms with Gasteiger partial charge in [0, 0.05) is 23.7 Å². The summed E-state index contributed by atoms with van der Waals surface area (Å²) in [6.45, 7) is 0. The van der Waals surface area contributed by atoms with Crippen LogP contribution in [0.4, 0.5) is 0 Å². The summed E-state index contributed by atoms with van der Waals surface area (Å²) in [6, 6.07) is 8.30. The van der Waals surface area contributed by atoms with Gasteiger partial charge in [0.05, 0.1) is 12.1 Å². The molecule has 0 saturated heterocycles. The predicted molar refractivity (Wildman–Crippen MR) is 79.3 cm³/mol. The average Bonchev–Trinajstić information content (AvgIpc) is 3.10. The van der Waals surface area contributed by atoms with Crippen molar-refractivity contribution in [1.82, 2.24) is 9.38 Å². The molecule has 4 rings (SSSR count). The molecule has 1 aliphatic rings. The van der Waals surface area contributed by atoms with E-state index in [0.717, 1.165) is 23.5 Å². The summed E-state index contributed by atoms with van der Waals surface area (Å²) in [4.78, 5) is 18.0. The molecule has 3 nitrogen and oxygen atoms in total. The van der Waals surface area contributed by atoms with Crippen molar-refractivity contribution in [3.63, 3.8) is 0 Å². The second-order valence-corrected chi connectivity index (χ2v) is 6.13. The van der Waals surface area contributed by atoms with Crippen LogP contribution in [0.5, 0.6) is 0 Å². The van der Waals surface area contributed by atoms with E-state index >= 15 is 0 Å². The third-order valence-corrected chi connectivity index (χ3v) is 4.79. The molecule has 0 fully saturated rings. The number of hydrogen-bond acceptors (Lipinski definition) is 3. The highest BCUT2D eigenvalue weighted by Gasteiger charge is 2.28. The maximum absolute atomic E-state index is 12.5. The lowest BCUT2D eigenvalue weighted by atomic mass is 9.94. The number of aromatic nitrogens is 2. The van der Waals surface area contributed by atoms with E-state index in [9.17, 15) is 4.79 Å². The molecule has 0 saturated carbocycles. The molecule has 2 heterocycles. The number of rotatable bonds is 3. The van der Waals surface area contributed by atoms with Crippen LogP contribution in [-0.4, -0.2) is 15.2 Å². The fourth-order valence-electron chi connectivity index (χ4n) is 3.05. The normalized spacial score (nSPS) is 17.5. The fraction of sp³-hybridized carbons (Fsp3) is 0.250. The largest absolute Gasteiger partial charge is 0.299 e. The molecule has 4 heteroatoms. The Bertz CT molecular complexity index is 758. The molecule has 20 heavy (non-hydrogen) atoms. The zero-order chi connectivity index (χ0) is 13.5. The van der Waals surface area contributed by atoms with Crippen molar-refractivity contribution < 1.29 is 4.79 Å². The number of carbonyl (C=O) groups is 1. The number of thiazole rings is 1. The van der Waals surface area contributed by atoms with Gasteiger partial charge in [0.25, 0.3) is 0 Å². The van der Waals surface area contributed by atoms with E-state index in [4.69, 9.17) is 0 Å². The lowest BCUT2D eigenvalue weighted by molar-refractivity contribution is -0.119. The van der Waals surface area contributed by atoms with Gasteiger partial charge in [-0.15, -0.1) is 11.3 Å². The molecule has 1 atom stereocenters. The second kappa shape index (κ2) is 4.56. The molecule has 2 aromatic heterocycles. The first-order valence-electron chi connectivity index (χ1n) is 6.83. The summed E-state index contributed by atoms with van der Waals surface area (Å²) < 4.78 is 1.98. The first kappa shape index (κ1) is 11.9. The number of benzene rings is 1. The van der Waals surface area contributed by atoms with Crippen molar-refractivity contribution in [2.75, 3.05) is 0 Å². The molecule has 1 aliphatic carbocycles. The van der Waals surface area contributed by atoms with Crippen LogP contribution in [0.3, 0.4) is 0 Å². The van der Waals surface area contributed by atoms with Crippen molar-refractivity contribution >= 4 is 22.1 Å². The minimum absolute atomic E-state index is 0.0611. The topological polar surface area (TPSA) is 34.4 Å². The molecule has 0 bridgehead atoms. The number of fused-ring (bicyclic) bond motifs is 2. The van der Waals surface area contributed by atoms with Gasteiger partial charge in [-0.2, -0.15) is 0 Å². The maximum Gasteiger partial charge on any atom is 0.193 e. The van der Waals surface area contributed by atoms with Gasteiger partial charge in [-0.05, 0) is 24.0 Å². The number of Topliss-reactive ketones (excluding diaryl/α,β-unsaturated/α-hetero) is 1. The van der Waals surface area contributed by atoms with Gasteiger partial charge in [-0.25, -0.2) is 4.98 Å². The second-order valence-electron chi connectivity index (χ2n) is 5.26. The van der Waals surface area contributed by atoms with E-state index in [1.165, 1.54) is 11.1 Å². The minimum atomic E-state index is 0.0611. The number of hydrogen-bond donors (Lipinski definition) is 0. The van der Waals surface area contributed by atoms with Gasteiger partial charge in [-0.1, -0.05) is 24.3 Å². The van der Waals surface area contributed by atoms with E-state index in [0.29, 0.717) is 12.2 Å². The SMILES string of the molecule is O=C(Cc1cn2ccsc2n1)C1CCc2ccccc21. The molecule has 0 radical (unpaired) electrons. The predicted octanol–water partition coefficient (Wildman–Crippen LogP) is 3.24. The number of nitrogens with zero attached hydrogens (tertiary/aromatic N) is 2. The number of ketones is 1. The third-order valence-electron chi connectivity index (χ3n) is 4.02. The Hall–Kier alpha value is -1.94. The van der Waals surface area contributed by atoms with Crippen LogP contribution in [0.1, 0.15) is 29.2 Å². The first-order valence-corrected chi connectivity index (χ1v) is 7.71. The van der Waals surface area contributed by atoms with Gasteiger partial charge < -0.3 is 0 Å². The molecular weight excluding hydrogens is 268 g/mol. The smallest absolute Gasteiger partial charge is 0.193 e. The molecule has 0 spiro atoms. The van der Waals surface area contributed by atoms with Gasteiger partial charge in [0.1, 0.15) is 5.78 Å². The minimum Gasteiger partial charge on any atom is -0.299 e. The van der Waals surface area contributed by atoms with Crippen LogP contribution < -0.4 is 0 Å². The Kier molecular flexibility index (Phi) is 2.70. The highest BCUT2D eigenvalue weighted by atomic mass is 32.1. The highest BCUT2D eigenvalue weighted by Crippen LogP contribution is 2.34. The van der Waals surface area contributed by atoms with Crippen molar-refractivity contribution in [2.24, 2.45) is 0 Å². The van der Waals surface area contributed by atoms with E-state index in [1.807, 2.05) is 28.2 Å². The summed E-state index contributed by atoms with van der Waals surface area (Å²) in [7, 11) is 0. The third kappa shape index (κ3) is 1.88. The Morgan fingerprint density at radius 3 is 3.20 bits per heavy atom. The van der Waals surface area contributed by atoms with Crippen LogP contribution in [0.2, 0.25) is 0 Å². The number of imidazole rings is 1. The number of aryl methyl sites for hydroxylation is 1. The van der Waals surface area contributed by atoms with E-state index in [1.54, 1.807) is 11.3 Å². The van der Waals surface area contributed by atoms with Crippen molar-refractivity contribution in [1.29, 1.82) is 0 Å². The van der Waals surface area contributed by atoms with Crippen molar-refractivity contribution in [2.45, 2.75) is 25.2 Å². The summed E-state index contributed by atoms with van der Waals surface area (Å²) in [5.74, 6) is 0.353. The fourth-order valence-corrected chi connectivity index (χ4v) is 3.77. The Labute approximate surface area is 120 Å². The highest BCUT2D eigenvalue weighted by molar-refractivity contribution is 7.15. The summed E-state index contributed by atoms with van der Waals surface area (Å²) >= 11 is 1.60. The quantitative estimate of drug-likeness (QED) is 0.739. The lowest BCUT2D eigenvalue weighted by Crippen LogP contribution is -2.12. The molecular formula is C16H14N2OS. The standard InChI is InChI=1S/C16H14N2OS/c19-15(9-12-10-18-7-8-20-16(18)17-12)14-6-5-11-3-1-2-4-13(11)14/h1-4,7-8,10,14H,5-6,9H2. The molecule has 0 amide bonds. The van der Waals surface area contributed by atoms with E-state index < -0.39 is 0 Å². The average molecular weight is 282 g/mol. The van der Waals surface area contributed by atoms with Crippen molar-refractivity contribution in [3.05, 3.63) is 58.9 Å². The van der Waals surface area contributed by atoms with Crippen LogP contribution >= 0.6 is 11.3 Å². The Balaban J connectivity index is 1.58. The summed E-state index contributed by atoms with van der Waals surface area (Å²) in [5.41, 5.74) is 3.43. The van der Waals surface area contributed by atoms with Crippen LogP contribution in [0, 0.1) is 0 Å². The van der Waals surface area contributed by atoms with Crippen LogP contribution in [0.15, 0.2) is 42.0 Å². The molecule has 1 unspecified atom stereocenters. The summed E-state index contributed by atoms with van der Waals surface area (Å²) in [5, 5.41) is 2.00. The van der Waals surface area contributed by atoms with Crippen LogP contribution in [-0.2, 0) is 17.6 Å². The molecule has 3 aromatic rings. The maximum atomic E-state index is 12.5. The molecule has 1 aromatic carbocycles. The van der Waals surface area contributed by atoms with Gasteiger partial charge in [0.15, 0.2) is 4.96 Å². The Morgan fingerprint density at radius 1 is 1.40 bits per heavy atom. The van der Waals surface area contributed by atoms with Gasteiger partial charge >= 0.3 is 0 Å². The van der Waals surface area contributed by atoms with E-state index in [2.05, 4.69) is 23.2 Å². The van der Waals surface area contributed by atoms with Crippen LogP contribution in [0.25, 0.3) is 4.96 Å². The van der Waals surface area contributed by atoms with Crippen molar-refractivity contribution in [3.8, 4) is 0 Å². The Morgan fingerprint density at radius 2 is 2.30 bits per heavy atom. The summed E-state index contributed by atoms with van der Waals surface area (Å²) in [6.07, 6.45) is 6.34. The van der Waals surface area contributed by atoms with E-state index in [-0.39, 0.29) is 5.92 Å². The molecule has 100 valence electrons. The number of carbonyl (C=O) groups excluding carboxylic acids is 1. The molecule has 0 N–H and O–H groups in total. The zero-order valence-electron chi connectivity index (χ0n) is 11.0. The van der Waals surface area contributed by atoms with Gasteiger partial charge in [-0.3, -0.25) is 9.20 Å². The zero-order valence-corrected chi connectivity index (χ0v) is 11.8. The monoisotopic (exact) mass is 282 g/mol. The lowest BCUT2D eigenvalue weighted by Gasteiger charge is -2.09. The van der Waals surface area contributed by atoms with Gasteiger partial charge in [0.2, 0.25) is 0 Å².